The minimum Gasteiger partial charge on any atom is -0.468 e. The van der Waals surface area contributed by atoms with Crippen LogP contribution in [0.3, 0.4) is 0 Å². The van der Waals surface area contributed by atoms with Gasteiger partial charge in [-0.2, -0.15) is 0 Å². The predicted molar refractivity (Wildman–Crippen MR) is 84.6 cm³/mol. The highest BCUT2D eigenvalue weighted by Gasteiger charge is 2.33. The first-order valence-corrected chi connectivity index (χ1v) is 7.03. The molecule has 0 aliphatic carbocycles. The number of Topliss-reactive ketones (excluding diaryl/α,β-unsaturated/α-hetero) is 1. The minimum atomic E-state index is -1.29. The van der Waals surface area contributed by atoms with E-state index in [9.17, 15) is 14.4 Å². The van der Waals surface area contributed by atoms with Gasteiger partial charge in [-0.3, -0.25) is 14.4 Å². The smallest absolute Gasteiger partial charge is 0.275 e. The van der Waals surface area contributed by atoms with Crippen molar-refractivity contribution in [3.05, 3.63) is 54.1 Å². The van der Waals surface area contributed by atoms with E-state index in [-0.39, 0.29) is 5.78 Å². The van der Waals surface area contributed by atoms with E-state index in [4.69, 9.17) is 4.74 Å². The number of anilines is 2. The standard InChI is InChI=1S/C17H14N2O4/c1-10(20)11-5-4-6-12(9-11)18-16(21)15-17(22)19-13-7-2-3-8-14(13)23-15/h2-9,15H,1H3,(H,18,21)(H,19,22). The number of hydrogen-bond donors (Lipinski definition) is 2. The van der Waals surface area contributed by atoms with Gasteiger partial charge in [0.1, 0.15) is 5.75 Å². The summed E-state index contributed by atoms with van der Waals surface area (Å²) in [7, 11) is 0. The Morgan fingerprint density at radius 2 is 1.91 bits per heavy atom. The number of carbonyl (C=O) groups is 3. The molecule has 1 aliphatic heterocycles. The van der Waals surface area contributed by atoms with Gasteiger partial charge in [-0.1, -0.05) is 24.3 Å². The molecule has 0 spiro atoms. The Morgan fingerprint density at radius 1 is 1.13 bits per heavy atom. The van der Waals surface area contributed by atoms with Gasteiger partial charge in [0.25, 0.3) is 17.9 Å². The summed E-state index contributed by atoms with van der Waals surface area (Å²) in [6.07, 6.45) is -1.29. The summed E-state index contributed by atoms with van der Waals surface area (Å²) in [6.45, 7) is 1.44. The second-order valence-electron chi connectivity index (χ2n) is 5.11. The number of nitrogens with one attached hydrogen (secondary N) is 2. The van der Waals surface area contributed by atoms with E-state index in [0.29, 0.717) is 22.7 Å². The summed E-state index contributed by atoms with van der Waals surface area (Å²) in [5.74, 6) is -0.812. The third-order valence-electron chi connectivity index (χ3n) is 3.40. The van der Waals surface area contributed by atoms with Gasteiger partial charge >= 0.3 is 0 Å². The number of benzene rings is 2. The van der Waals surface area contributed by atoms with E-state index in [2.05, 4.69) is 10.6 Å². The summed E-state index contributed by atoms with van der Waals surface area (Å²) < 4.78 is 5.46. The summed E-state index contributed by atoms with van der Waals surface area (Å²) >= 11 is 0. The summed E-state index contributed by atoms with van der Waals surface area (Å²) in [6, 6.07) is 13.4. The van der Waals surface area contributed by atoms with E-state index < -0.39 is 17.9 Å². The molecule has 1 aliphatic rings. The Kier molecular flexibility index (Phi) is 3.80. The maximum Gasteiger partial charge on any atom is 0.275 e. The van der Waals surface area contributed by atoms with E-state index in [1.165, 1.54) is 6.92 Å². The lowest BCUT2D eigenvalue weighted by molar-refractivity contribution is -0.133. The number of ether oxygens (including phenoxy) is 1. The molecule has 6 nitrogen and oxygen atoms in total. The highest BCUT2D eigenvalue weighted by atomic mass is 16.5. The fraction of sp³-hybridized carbons (Fsp3) is 0.118. The van der Waals surface area contributed by atoms with Crippen molar-refractivity contribution >= 4 is 29.0 Å². The first-order chi connectivity index (χ1) is 11.0. The van der Waals surface area contributed by atoms with Crippen molar-refractivity contribution in [1.82, 2.24) is 0 Å². The van der Waals surface area contributed by atoms with Crippen molar-refractivity contribution in [3.63, 3.8) is 0 Å². The Morgan fingerprint density at radius 3 is 2.70 bits per heavy atom. The normalized spacial score (nSPS) is 15.9. The molecule has 0 saturated carbocycles. The van der Waals surface area contributed by atoms with E-state index >= 15 is 0 Å². The highest BCUT2D eigenvalue weighted by molar-refractivity contribution is 6.15. The number of para-hydroxylation sites is 2. The van der Waals surface area contributed by atoms with Crippen molar-refractivity contribution in [3.8, 4) is 5.75 Å². The number of fused-ring (bicyclic) bond motifs is 1. The number of ketones is 1. The van der Waals surface area contributed by atoms with Gasteiger partial charge in [-0.15, -0.1) is 0 Å². The lowest BCUT2D eigenvalue weighted by Gasteiger charge is -2.24. The average Bonchev–Trinajstić information content (AvgIpc) is 2.54. The third kappa shape index (κ3) is 3.06. The zero-order valence-corrected chi connectivity index (χ0v) is 12.3. The van der Waals surface area contributed by atoms with Crippen LogP contribution in [-0.4, -0.2) is 23.7 Å². The molecule has 23 heavy (non-hydrogen) atoms. The van der Waals surface area contributed by atoms with Crippen LogP contribution in [0.1, 0.15) is 17.3 Å². The summed E-state index contributed by atoms with van der Waals surface area (Å²) in [4.78, 5) is 35.7. The Hall–Kier alpha value is -3.15. The zero-order chi connectivity index (χ0) is 16.4. The number of hydrogen-bond acceptors (Lipinski definition) is 4. The SMILES string of the molecule is CC(=O)c1cccc(NC(=O)C2Oc3ccccc3NC2=O)c1. The monoisotopic (exact) mass is 310 g/mol. The van der Waals surface area contributed by atoms with Crippen molar-refractivity contribution in [2.24, 2.45) is 0 Å². The molecule has 2 N–H and O–H groups in total. The predicted octanol–water partition coefficient (Wildman–Crippen LogP) is 2.23. The maximum absolute atomic E-state index is 12.3. The first-order valence-electron chi connectivity index (χ1n) is 7.03. The molecule has 3 rings (SSSR count). The van der Waals surface area contributed by atoms with Gasteiger partial charge < -0.3 is 15.4 Å². The van der Waals surface area contributed by atoms with Crippen molar-refractivity contribution in [1.29, 1.82) is 0 Å². The van der Waals surface area contributed by atoms with Crippen molar-refractivity contribution < 1.29 is 19.1 Å². The van der Waals surface area contributed by atoms with Crippen LogP contribution in [0.25, 0.3) is 0 Å². The second kappa shape index (κ2) is 5.92. The van der Waals surface area contributed by atoms with Gasteiger partial charge in [0.15, 0.2) is 5.78 Å². The molecule has 2 amide bonds. The summed E-state index contributed by atoms with van der Waals surface area (Å²) in [5, 5.41) is 5.22. The molecule has 2 aromatic rings. The van der Waals surface area contributed by atoms with Crippen molar-refractivity contribution in [2.45, 2.75) is 13.0 Å². The molecule has 2 aromatic carbocycles. The zero-order valence-electron chi connectivity index (χ0n) is 12.3. The van der Waals surface area contributed by atoms with Crippen LogP contribution in [0.4, 0.5) is 11.4 Å². The van der Waals surface area contributed by atoms with Crippen LogP contribution in [0.5, 0.6) is 5.75 Å². The van der Waals surface area contributed by atoms with Crippen LogP contribution in [0.2, 0.25) is 0 Å². The first kappa shape index (κ1) is 14.8. The molecule has 1 unspecified atom stereocenters. The third-order valence-corrected chi connectivity index (χ3v) is 3.40. The fourth-order valence-electron chi connectivity index (χ4n) is 2.25. The molecule has 6 heteroatoms. The molecule has 1 atom stereocenters. The second-order valence-corrected chi connectivity index (χ2v) is 5.11. The largest absolute Gasteiger partial charge is 0.468 e. The molecule has 0 aromatic heterocycles. The Bertz CT molecular complexity index is 801. The molecule has 116 valence electrons. The maximum atomic E-state index is 12.3. The lowest BCUT2D eigenvalue weighted by atomic mass is 10.1. The van der Waals surface area contributed by atoms with Crippen LogP contribution in [-0.2, 0) is 9.59 Å². The number of rotatable bonds is 3. The Balaban J connectivity index is 1.77. The number of amides is 2. The fourth-order valence-corrected chi connectivity index (χ4v) is 2.25. The Labute approximate surface area is 132 Å². The van der Waals surface area contributed by atoms with Gasteiger partial charge in [0.2, 0.25) is 0 Å². The lowest BCUT2D eigenvalue weighted by Crippen LogP contribution is -2.45. The molecule has 0 fully saturated rings. The number of carbonyl (C=O) groups excluding carboxylic acids is 3. The van der Waals surface area contributed by atoms with Crippen LogP contribution in [0.15, 0.2) is 48.5 Å². The molecule has 1 heterocycles. The minimum absolute atomic E-state index is 0.110. The average molecular weight is 310 g/mol. The summed E-state index contributed by atoms with van der Waals surface area (Å²) in [5.41, 5.74) is 1.43. The van der Waals surface area contributed by atoms with Crippen LogP contribution < -0.4 is 15.4 Å². The quantitative estimate of drug-likeness (QED) is 0.672. The van der Waals surface area contributed by atoms with Crippen LogP contribution >= 0.6 is 0 Å². The molecular weight excluding hydrogens is 296 g/mol. The highest BCUT2D eigenvalue weighted by Crippen LogP contribution is 2.29. The van der Waals surface area contributed by atoms with Gasteiger partial charge in [0, 0.05) is 11.3 Å². The molecule has 0 saturated heterocycles. The molecular formula is C17H14N2O4. The molecule has 0 radical (unpaired) electrons. The van der Waals surface area contributed by atoms with Crippen molar-refractivity contribution in [2.75, 3.05) is 10.6 Å². The van der Waals surface area contributed by atoms with Gasteiger partial charge in [-0.25, -0.2) is 0 Å². The topological polar surface area (TPSA) is 84.5 Å². The van der Waals surface area contributed by atoms with Gasteiger partial charge in [0.05, 0.1) is 5.69 Å². The van der Waals surface area contributed by atoms with E-state index in [1.807, 2.05) is 0 Å². The molecule has 0 bridgehead atoms. The van der Waals surface area contributed by atoms with Gasteiger partial charge in [-0.05, 0) is 31.2 Å². The van der Waals surface area contributed by atoms with Crippen LogP contribution in [0, 0.1) is 0 Å². The van der Waals surface area contributed by atoms with E-state index in [0.717, 1.165) is 0 Å². The van der Waals surface area contributed by atoms with E-state index in [1.54, 1.807) is 48.5 Å².